The normalized spacial score (nSPS) is 20.9. The van der Waals surface area contributed by atoms with E-state index in [1.54, 1.807) is 0 Å². The summed E-state index contributed by atoms with van der Waals surface area (Å²) in [5, 5.41) is 8.29. The van der Waals surface area contributed by atoms with Gasteiger partial charge in [0.1, 0.15) is 11.9 Å². The molecule has 0 amide bonds. The van der Waals surface area contributed by atoms with Gasteiger partial charge in [-0.15, -0.1) is 0 Å². The number of nitrogens with one attached hydrogen (secondary N) is 1. The van der Waals surface area contributed by atoms with Gasteiger partial charge in [0.15, 0.2) is 0 Å². The van der Waals surface area contributed by atoms with Crippen molar-refractivity contribution in [3.8, 4) is 5.69 Å². The fourth-order valence-electron chi connectivity index (χ4n) is 3.02. The van der Waals surface area contributed by atoms with Gasteiger partial charge in [-0.1, -0.05) is 15.9 Å². The van der Waals surface area contributed by atoms with Crippen molar-refractivity contribution in [1.82, 2.24) is 9.78 Å². The number of ether oxygens (including phenoxy) is 1. The number of benzene rings is 1. The minimum atomic E-state index is 0.181. The number of aromatic nitrogens is 2. The van der Waals surface area contributed by atoms with Crippen molar-refractivity contribution in [2.24, 2.45) is 0 Å². The number of hydrogen-bond acceptors (Lipinski definition) is 3. The van der Waals surface area contributed by atoms with Crippen LogP contribution >= 0.6 is 15.9 Å². The first-order valence-corrected chi connectivity index (χ1v) is 7.85. The molecule has 104 valence electrons. The summed E-state index contributed by atoms with van der Waals surface area (Å²) in [6.45, 7) is 1.85. The second-order valence-electron chi connectivity index (χ2n) is 5.28. The van der Waals surface area contributed by atoms with Crippen LogP contribution < -0.4 is 5.32 Å². The van der Waals surface area contributed by atoms with Crippen LogP contribution in [0.4, 0.5) is 5.82 Å². The van der Waals surface area contributed by atoms with Crippen molar-refractivity contribution in [3.05, 3.63) is 40.0 Å². The summed E-state index contributed by atoms with van der Waals surface area (Å²) >= 11 is 3.47. The Morgan fingerprint density at radius 2 is 2.15 bits per heavy atom. The fraction of sp³-hybridized carbons (Fsp3) is 0.400. The summed E-state index contributed by atoms with van der Waals surface area (Å²) in [7, 11) is 0. The van der Waals surface area contributed by atoms with Gasteiger partial charge in [-0.25, -0.2) is 4.68 Å². The summed E-state index contributed by atoms with van der Waals surface area (Å²) < 4.78 is 8.92. The van der Waals surface area contributed by atoms with E-state index in [-0.39, 0.29) is 6.10 Å². The highest BCUT2D eigenvalue weighted by atomic mass is 79.9. The highest BCUT2D eigenvalue weighted by Crippen LogP contribution is 2.37. The Morgan fingerprint density at radius 3 is 2.90 bits per heavy atom. The maximum Gasteiger partial charge on any atom is 0.133 e. The molecule has 4 rings (SSSR count). The van der Waals surface area contributed by atoms with E-state index in [9.17, 15) is 0 Å². The summed E-state index contributed by atoms with van der Waals surface area (Å²) in [6.07, 6.45) is 3.45. The van der Waals surface area contributed by atoms with Gasteiger partial charge in [0.05, 0.1) is 11.4 Å². The molecule has 0 spiro atoms. The van der Waals surface area contributed by atoms with Gasteiger partial charge in [-0.05, 0) is 43.5 Å². The Hall–Kier alpha value is -1.33. The first kappa shape index (κ1) is 12.4. The van der Waals surface area contributed by atoms with Gasteiger partial charge < -0.3 is 10.1 Å². The molecule has 20 heavy (non-hydrogen) atoms. The Balaban J connectivity index is 1.80. The third kappa shape index (κ3) is 1.96. The van der Waals surface area contributed by atoms with E-state index < -0.39 is 0 Å². The average Bonchev–Trinajstić information content (AvgIpc) is 3.16. The van der Waals surface area contributed by atoms with E-state index in [1.807, 2.05) is 16.8 Å². The molecule has 4 nitrogen and oxygen atoms in total. The van der Waals surface area contributed by atoms with E-state index >= 15 is 0 Å². The summed E-state index contributed by atoms with van der Waals surface area (Å²) in [4.78, 5) is 0. The van der Waals surface area contributed by atoms with Gasteiger partial charge >= 0.3 is 0 Å². The monoisotopic (exact) mass is 333 g/mol. The van der Waals surface area contributed by atoms with Gasteiger partial charge in [0.2, 0.25) is 0 Å². The lowest BCUT2D eigenvalue weighted by Crippen LogP contribution is -2.06. The van der Waals surface area contributed by atoms with Crippen molar-refractivity contribution < 1.29 is 4.74 Å². The number of halogens is 1. The molecule has 3 heterocycles. The molecule has 0 radical (unpaired) electrons. The fourth-order valence-corrected chi connectivity index (χ4v) is 3.29. The van der Waals surface area contributed by atoms with Gasteiger partial charge in [-0.3, -0.25) is 0 Å². The number of fused-ring (bicyclic) bond motifs is 1. The summed E-state index contributed by atoms with van der Waals surface area (Å²) in [5.74, 6) is 1.14. The van der Waals surface area contributed by atoms with Gasteiger partial charge in [0.25, 0.3) is 0 Å². The highest BCUT2D eigenvalue weighted by Gasteiger charge is 2.30. The second kappa shape index (κ2) is 4.90. The molecule has 2 aliphatic heterocycles. The van der Waals surface area contributed by atoms with Gasteiger partial charge in [0, 0.05) is 23.2 Å². The summed E-state index contributed by atoms with van der Waals surface area (Å²) in [5.41, 5.74) is 3.55. The van der Waals surface area contributed by atoms with Crippen LogP contribution in [-0.2, 0) is 11.2 Å². The third-order valence-corrected chi connectivity index (χ3v) is 4.52. The third-order valence-electron chi connectivity index (χ3n) is 3.99. The lowest BCUT2D eigenvalue weighted by atomic mass is 10.1. The van der Waals surface area contributed by atoms with Gasteiger partial charge in [-0.2, -0.15) is 5.10 Å². The molecule has 1 N–H and O–H groups in total. The van der Waals surface area contributed by atoms with Crippen molar-refractivity contribution in [2.45, 2.75) is 25.4 Å². The van der Waals surface area contributed by atoms with Crippen LogP contribution in [0.1, 0.15) is 30.2 Å². The van der Waals surface area contributed by atoms with E-state index in [4.69, 9.17) is 9.84 Å². The molecule has 0 aliphatic carbocycles. The minimum absolute atomic E-state index is 0.181. The van der Waals surface area contributed by atoms with E-state index in [0.29, 0.717) is 0 Å². The SMILES string of the molecule is Brc1ccc(-n2nc(C3CCCO3)c3c2NCC3)cc1. The Kier molecular flexibility index (Phi) is 3.04. The van der Waals surface area contributed by atoms with Crippen LogP contribution in [0.15, 0.2) is 28.7 Å². The zero-order valence-electron chi connectivity index (χ0n) is 11.1. The van der Waals surface area contributed by atoms with E-state index in [1.165, 1.54) is 5.56 Å². The largest absolute Gasteiger partial charge is 0.372 e. The average molecular weight is 334 g/mol. The van der Waals surface area contributed by atoms with Crippen molar-refractivity contribution >= 4 is 21.7 Å². The molecule has 1 unspecified atom stereocenters. The zero-order valence-corrected chi connectivity index (χ0v) is 12.7. The maximum absolute atomic E-state index is 5.82. The molecule has 1 fully saturated rings. The predicted molar refractivity (Wildman–Crippen MR) is 81.4 cm³/mol. The Labute approximate surface area is 126 Å². The van der Waals surface area contributed by atoms with Crippen molar-refractivity contribution in [3.63, 3.8) is 0 Å². The topological polar surface area (TPSA) is 39.1 Å². The maximum atomic E-state index is 5.82. The second-order valence-corrected chi connectivity index (χ2v) is 6.19. The predicted octanol–water partition coefficient (Wildman–Crippen LogP) is 3.45. The Morgan fingerprint density at radius 1 is 1.30 bits per heavy atom. The molecule has 1 saturated heterocycles. The van der Waals surface area contributed by atoms with Crippen LogP contribution in [0.3, 0.4) is 0 Å². The minimum Gasteiger partial charge on any atom is -0.372 e. The number of nitrogens with zero attached hydrogens (tertiary/aromatic N) is 2. The highest BCUT2D eigenvalue weighted by molar-refractivity contribution is 9.10. The Bertz CT molecular complexity index is 629. The van der Waals surface area contributed by atoms with Crippen LogP contribution in [0.5, 0.6) is 0 Å². The molecule has 1 aromatic heterocycles. The van der Waals surface area contributed by atoms with E-state index in [0.717, 1.165) is 54.1 Å². The molecule has 2 aromatic rings. The number of hydrogen-bond donors (Lipinski definition) is 1. The lowest BCUT2D eigenvalue weighted by molar-refractivity contribution is 0.107. The molecular weight excluding hydrogens is 318 g/mol. The molecule has 1 atom stereocenters. The van der Waals surface area contributed by atoms with E-state index in [2.05, 4.69) is 33.4 Å². The lowest BCUT2D eigenvalue weighted by Gasteiger charge is -2.08. The van der Waals surface area contributed by atoms with Crippen molar-refractivity contribution in [1.29, 1.82) is 0 Å². The van der Waals surface area contributed by atoms with Crippen molar-refractivity contribution in [2.75, 3.05) is 18.5 Å². The molecule has 2 aliphatic rings. The van der Waals surface area contributed by atoms with Crippen LogP contribution in [0, 0.1) is 0 Å². The van der Waals surface area contributed by atoms with Crippen LogP contribution in [0.2, 0.25) is 0 Å². The first-order valence-electron chi connectivity index (χ1n) is 7.06. The van der Waals surface area contributed by atoms with Crippen LogP contribution in [-0.4, -0.2) is 22.9 Å². The summed E-state index contributed by atoms with van der Waals surface area (Å²) in [6, 6.07) is 8.25. The molecule has 5 heteroatoms. The molecule has 0 saturated carbocycles. The standard InChI is InChI=1S/C15H16BrN3O/c16-10-3-5-11(6-4-10)19-15-12(7-8-17-15)14(18-19)13-2-1-9-20-13/h3-6,13,17H,1-2,7-9H2. The van der Waals surface area contributed by atoms with Crippen LogP contribution in [0.25, 0.3) is 5.69 Å². The zero-order chi connectivity index (χ0) is 13.5. The number of rotatable bonds is 2. The first-order chi connectivity index (χ1) is 9.83. The molecular formula is C15H16BrN3O. The molecule has 0 bridgehead atoms. The quantitative estimate of drug-likeness (QED) is 0.914. The number of anilines is 1. The molecule has 1 aromatic carbocycles. The smallest absolute Gasteiger partial charge is 0.133 e.